The summed E-state index contributed by atoms with van der Waals surface area (Å²) in [5.74, 6) is -0.594. The van der Waals surface area contributed by atoms with E-state index in [0.29, 0.717) is 19.3 Å². The Bertz CT molecular complexity index is 454. The third kappa shape index (κ3) is 20.0. The number of hydrogen-bond donors (Lipinski definition) is 2. The highest BCUT2D eigenvalue weighted by molar-refractivity contribution is 5.70. The average Bonchev–Trinajstić information content (AvgIpc) is 2.81. The first-order valence-corrected chi connectivity index (χ1v) is 13.7. The molecular weight excluding hydrogens is 420 g/mol. The first kappa shape index (κ1) is 31.9. The van der Waals surface area contributed by atoms with E-state index in [4.69, 9.17) is 14.6 Å². The molecule has 2 atom stereocenters. The van der Waals surface area contributed by atoms with Crippen molar-refractivity contribution >= 4 is 11.9 Å². The van der Waals surface area contributed by atoms with Gasteiger partial charge in [-0.2, -0.15) is 0 Å². The van der Waals surface area contributed by atoms with Gasteiger partial charge in [-0.25, -0.2) is 0 Å². The molecule has 0 aromatic carbocycles. The standard InChI is InChI=1S/C27H52O6/c1-3-5-7-11-16-20-26(30)32-24(19-15-13-9-10-14-18-22-28)25(23-29)33-27(31)21-17-12-8-6-4-2/h24-25,28-29H,3-23H2,1-2H3/t24?,25-/m0/s1. The Hall–Kier alpha value is -1.14. The molecule has 0 amide bonds. The molecule has 0 aromatic heterocycles. The van der Waals surface area contributed by atoms with Gasteiger partial charge < -0.3 is 19.7 Å². The van der Waals surface area contributed by atoms with Gasteiger partial charge in [0.05, 0.1) is 6.61 Å². The second kappa shape index (κ2) is 24.0. The van der Waals surface area contributed by atoms with Gasteiger partial charge in [0.25, 0.3) is 0 Å². The fraction of sp³-hybridized carbons (Fsp3) is 0.926. The minimum absolute atomic E-state index is 0.235. The van der Waals surface area contributed by atoms with Crippen molar-refractivity contribution in [1.29, 1.82) is 0 Å². The number of carbonyl (C=O) groups excluding carboxylic acids is 2. The van der Waals surface area contributed by atoms with Crippen molar-refractivity contribution in [3.63, 3.8) is 0 Å². The smallest absolute Gasteiger partial charge is 0.306 e. The number of hydrogen-bond acceptors (Lipinski definition) is 6. The van der Waals surface area contributed by atoms with E-state index < -0.39 is 12.2 Å². The lowest BCUT2D eigenvalue weighted by molar-refractivity contribution is -0.172. The van der Waals surface area contributed by atoms with Gasteiger partial charge in [0.15, 0.2) is 6.10 Å². The van der Waals surface area contributed by atoms with Crippen molar-refractivity contribution in [3.8, 4) is 0 Å². The SMILES string of the molecule is CCCCCCCC(=O)OC(CCCCCCCCO)[C@H](CO)OC(=O)CCCCCCC. The van der Waals surface area contributed by atoms with Crippen LogP contribution >= 0.6 is 0 Å². The van der Waals surface area contributed by atoms with Gasteiger partial charge in [0.1, 0.15) is 6.10 Å². The lowest BCUT2D eigenvalue weighted by Crippen LogP contribution is -2.38. The molecule has 0 radical (unpaired) electrons. The van der Waals surface area contributed by atoms with Crippen LogP contribution in [0.3, 0.4) is 0 Å². The molecule has 0 saturated carbocycles. The highest BCUT2D eigenvalue weighted by Crippen LogP contribution is 2.18. The summed E-state index contributed by atoms with van der Waals surface area (Å²) in [6, 6.07) is 0. The van der Waals surface area contributed by atoms with Gasteiger partial charge in [-0.15, -0.1) is 0 Å². The molecule has 1 unspecified atom stereocenters. The number of rotatable bonds is 24. The fourth-order valence-electron chi connectivity index (χ4n) is 3.92. The molecule has 0 saturated heterocycles. The molecule has 196 valence electrons. The van der Waals surface area contributed by atoms with E-state index in [2.05, 4.69) is 13.8 Å². The monoisotopic (exact) mass is 472 g/mol. The van der Waals surface area contributed by atoms with Crippen molar-refractivity contribution in [2.45, 2.75) is 148 Å². The second-order valence-electron chi connectivity index (χ2n) is 9.20. The predicted molar refractivity (Wildman–Crippen MR) is 133 cm³/mol. The van der Waals surface area contributed by atoms with Crippen LogP contribution in [0.5, 0.6) is 0 Å². The Kier molecular flexibility index (Phi) is 23.2. The molecule has 0 aliphatic heterocycles. The number of esters is 2. The predicted octanol–water partition coefficient (Wildman–Crippen LogP) is 6.25. The number of aliphatic hydroxyl groups excluding tert-OH is 2. The van der Waals surface area contributed by atoms with E-state index in [-0.39, 0.29) is 25.2 Å². The number of unbranched alkanes of at least 4 members (excludes halogenated alkanes) is 13. The van der Waals surface area contributed by atoms with Crippen LogP contribution < -0.4 is 0 Å². The third-order valence-corrected chi connectivity index (χ3v) is 6.03. The summed E-state index contributed by atoms with van der Waals surface area (Å²) in [7, 11) is 0. The first-order chi connectivity index (χ1) is 16.1. The third-order valence-electron chi connectivity index (χ3n) is 6.03. The van der Waals surface area contributed by atoms with Crippen molar-refractivity contribution in [3.05, 3.63) is 0 Å². The van der Waals surface area contributed by atoms with E-state index in [1.807, 2.05) is 0 Å². The molecule has 0 bridgehead atoms. The lowest BCUT2D eigenvalue weighted by atomic mass is 10.0. The summed E-state index contributed by atoms with van der Waals surface area (Å²) in [6.45, 7) is 4.21. The maximum Gasteiger partial charge on any atom is 0.306 e. The molecule has 0 aliphatic rings. The first-order valence-electron chi connectivity index (χ1n) is 13.7. The number of ether oxygens (including phenoxy) is 2. The summed E-state index contributed by atoms with van der Waals surface area (Å²) in [5.41, 5.74) is 0. The average molecular weight is 473 g/mol. The highest BCUT2D eigenvalue weighted by Gasteiger charge is 2.27. The molecule has 0 aromatic rings. The molecule has 6 nitrogen and oxygen atoms in total. The summed E-state index contributed by atoms with van der Waals surface area (Å²) in [5, 5.41) is 18.7. The van der Waals surface area contributed by atoms with E-state index >= 15 is 0 Å². The number of aliphatic hydroxyl groups is 2. The van der Waals surface area contributed by atoms with E-state index in [1.165, 1.54) is 12.8 Å². The van der Waals surface area contributed by atoms with Crippen molar-refractivity contribution in [1.82, 2.24) is 0 Å². The van der Waals surface area contributed by atoms with Crippen LogP contribution in [-0.4, -0.2) is 47.6 Å². The topological polar surface area (TPSA) is 93.1 Å². The Morgan fingerprint density at radius 2 is 1.00 bits per heavy atom. The molecule has 0 heterocycles. The van der Waals surface area contributed by atoms with Crippen LogP contribution in [0.2, 0.25) is 0 Å². The highest BCUT2D eigenvalue weighted by atomic mass is 16.6. The molecule has 0 aliphatic carbocycles. The van der Waals surface area contributed by atoms with Gasteiger partial charge in [0, 0.05) is 19.4 Å². The maximum atomic E-state index is 12.4. The van der Waals surface area contributed by atoms with E-state index in [0.717, 1.165) is 89.9 Å². The molecule has 6 heteroatoms. The van der Waals surface area contributed by atoms with E-state index in [9.17, 15) is 14.7 Å². The zero-order valence-electron chi connectivity index (χ0n) is 21.5. The summed E-state index contributed by atoms with van der Waals surface area (Å²) in [6.07, 6.45) is 16.2. The quantitative estimate of drug-likeness (QED) is 0.127. The zero-order chi connectivity index (χ0) is 24.6. The summed E-state index contributed by atoms with van der Waals surface area (Å²) in [4.78, 5) is 24.7. The minimum atomic E-state index is -0.799. The van der Waals surface area contributed by atoms with Crippen LogP contribution in [0.1, 0.15) is 136 Å². The van der Waals surface area contributed by atoms with Crippen LogP contribution in [0.15, 0.2) is 0 Å². The molecule has 0 rings (SSSR count). The van der Waals surface area contributed by atoms with Gasteiger partial charge in [-0.1, -0.05) is 90.9 Å². The largest absolute Gasteiger partial charge is 0.458 e. The van der Waals surface area contributed by atoms with Crippen LogP contribution in [0.25, 0.3) is 0 Å². The molecule has 0 spiro atoms. The zero-order valence-corrected chi connectivity index (χ0v) is 21.5. The summed E-state index contributed by atoms with van der Waals surface area (Å²) < 4.78 is 11.2. The van der Waals surface area contributed by atoms with Crippen molar-refractivity contribution < 1.29 is 29.3 Å². The van der Waals surface area contributed by atoms with E-state index in [1.54, 1.807) is 0 Å². The van der Waals surface area contributed by atoms with Gasteiger partial charge in [0.2, 0.25) is 0 Å². The Balaban J connectivity index is 4.59. The Morgan fingerprint density at radius 1 is 0.576 bits per heavy atom. The van der Waals surface area contributed by atoms with Crippen LogP contribution in [0, 0.1) is 0 Å². The van der Waals surface area contributed by atoms with Crippen molar-refractivity contribution in [2.75, 3.05) is 13.2 Å². The molecular formula is C27H52O6. The van der Waals surface area contributed by atoms with Gasteiger partial charge in [-0.3, -0.25) is 9.59 Å². The Labute approximate surface area is 202 Å². The normalized spacial score (nSPS) is 13.0. The van der Waals surface area contributed by atoms with Crippen LogP contribution in [0.4, 0.5) is 0 Å². The van der Waals surface area contributed by atoms with Crippen molar-refractivity contribution in [2.24, 2.45) is 0 Å². The second-order valence-corrected chi connectivity index (χ2v) is 9.20. The molecule has 0 fully saturated rings. The van der Waals surface area contributed by atoms with Crippen LogP contribution in [-0.2, 0) is 19.1 Å². The molecule has 2 N–H and O–H groups in total. The Morgan fingerprint density at radius 3 is 1.48 bits per heavy atom. The molecule has 33 heavy (non-hydrogen) atoms. The lowest BCUT2D eigenvalue weighted by Gasteiger charge is -2.26. The van der Waals surface area contributed by atoms with Gasteiger partial charge >= 0.3 is 11.9 Å². The fourth-order valence-corrected chi connectivity index (χ4v) is 3.92. The minimum Gasteiger partial charge on any atom is -0.458 e. The summed E-state index contributed by atoms with van der Waals surface area (Å²) >= 11 is 0. The van der Waals surface area contributed by atoms with Gasteiger partial charge in [-0.05, 0) is 32.1 Å². The maximum absolute atomic E-state index is 12.4. The number of carbonyl (C=O) groups is 2.